The molecule has 0 radical (unpaired) electrons. The number of piperidine rings is 1. The van der Waals surface area contributed by atoms with Gasteiger partial charge in [0.15, 0.2) is 0 Å². The van der Waals surface area contributed by atoms with E-state index in [2.05, 4.69) is 10.3 Å². The Balaban J connectivity index is 1.68. The number of ether oxygens (including phenoxy) is 3. The molecule has 1 saturated heterocycles. The number of likely N-dealkylation sites (tertiary alicyclic amines) is 1. The van der Waals surface area contributed by atoms with Crippen LogP contribution in [0.1, 0.15) is 35.7 Å². The average Bonchev–Trinajstić information content (AvgIpc) is 2.78. The van der Waals surface area contributed by atoms with Crippen LogP contribution in [0.3, 0.4) is 0 Å². The van der Waals surface area contributed by atoms with E-state index < -0.39 is 5.97 Å². The van der Waals surface area contributed by atoms with Crippen LogP contribution in [-0.4, -0.2) is 54.8 Å². The van der Waals surface area contributed by atoms with Crippen molar-refractivity contribution in [2.75, 3.05) is 26.1 Å². The summed E-state index contributed by atoms with van der Waals surface area (Å²) in [6.07, 6.45) is 2.83. The molecule has 0 bridgehead atoms. The largest absolute Gasteiger partial charge is 0.496 e. The number of hydrogen-bond acceptors (Lipinski definition) is 7. The van der Waals surface area contributed by atoms with E-state index >= 15 is 0 Å². The molecule has 1 aromatic carbocycles. The Morgan fingerprint density at radius 2 is 1.93 bits per heavy atom. The molecular formula is C22H27N3O5. The van der Waals surface area contributed by atoms with Gasteiger partial charge in [0.25, 0.3) is 0 Å². The molecule has 3 rings (SSSR count). The molecule has 2 heterocycles. The summed E-state index contributed by atoms with van der Waals surface area (Å²) in [5.74, 6) is 0.215. The van der Waals surface area contributed by atoms with Gasteiger partial charge in [-0.15, -0.1) is 0 Å². The van der Waals surface area contributed by atoms with Crippen molar-refractivity contribution in [2.24, 2.45) is 0 Å². The van der Waals surface area contributed by atoms with Crippen LogP contribution in [0.15, 0.2) is 42.6 Å². The van der Waals surface area contributed by atoms with Crippen molar-refractivity contribution in [2.45, 2.75) is 38.5 Å². The Morgan fingerprint density at radius 3 is 2.63 bits per heavy atom. The number of pyridine rings is 1. The summed E-state index contributed by atoms with van der Waals surface area (Å²) in [6, 6.07) is 11.1. The Morgan fingerprint density at radius 1 is 1.17 bits per heavy atom. The number of carbonyl (C=O) groups is 2. The maximum atomic E-state index is 12.7. The molecule has 2 aromatic rings. The van der Waals surface area contributed by atoms with Crippen molar-refractivity contribution in [3.63, 3.8) is 0 Å². The number of hydrogen-bond donors (Lipinski definition) is 1. The fourth-order valence-electron chi connectivity index (χ4n) is 3.50. The number of carbonyl (C=O) groups excluding carboxylic acids is 2. The summed E-state index contributed by atoms with van der Waals surface area (Å²) in [7, 11) is 2.80. The molecule has 1 fully saturated rings. The highest BCUT2D eigenvalue weighted by Crippen LogP contribution is 2.28. The van der Waals surface area contributed by atoms with E-state index in [1.54, 1.807) is 17.2 Å². The highest BCUT2D eigenvalue weighted by atomic mass is 16.6. The SMILES string of the molecule is COC(=O)c1c(OC)ccnc1NC1CCC(C)N(C(=O)OCc2ccccc2)C1. The molecule has 0 aliphatic carbocycles. The minimum atomic E-state index is -0.536. The van der Waals surface area contributed by atoms with Crippen molar-refractivity contribution >= 4 is 17.9 Å². The summed E-state index contributed by atoms with van der Waals surface area (Å²) in [5, 5.41) is 3.28. The van der Waals surface area contributed by atoms with E-state index in [9.17, 15) is 9.59 Å². The van der Waals surface area contributed by atoms with Crippen molar-refractivity contribution in [3.05, 3.63) is 53.7 Å². The Bertz CT molecular complexity index is 874. The molecule has 2 unspecified atom stereocenters. The number of esters is 1. The van der Waals surface area contributed by atoms with E-state index in [0.717, 1.165) is 18.4 Å². The zero-order chi connectivity index (χ0) is 21.5. The molecule has 8 heteroatoms. The fourth-order valence-corrected chi connectivity index (χ4v) is 3.50. The quantitative estimate of drug-likeness (QED) is 0.725. The van der Waals surface area contributed by atoms with Gasteiger partial charge in [0, 0.05) is 24.8 Å². The number of methoxy groups -OCH3 is 2. The minimum Gasteiger partial charge on any atom is -0.496 e. The van der Waals surface area contributed by atoms with Crippen molar-refractivity contribution in [1.82, 2.24) is 9.88 Å². The van der Waals surface area contributed by atoms with Crippen LogP contribution in [0.5, 0.6) is 5.75 Å². The maximum Gasteiger partial charge on any atom is 0.410 e. The van der Waals surface area contributed by atoms with E-state index in [0.29, 0.717) is 18.1 Å². The van der Waals surface area contributed by atoms with Crippen LogP contribution in [-0.2, 0) is 16.1 Å². The van der Waals surface area contributed by atoms with Crippen LogP contribution in [0, 0.1) is 0 Å². The molecule has 8 nitrogen and oxygen atoms in total. The number of nitrogens with one attached hydrogen (secondary N) is 1. The minimum absolute atomic E-state index is 0.0599. The van der Waals surface area contributed by atoms with Crippen LogP contribution in [0.4, 0.5) is 10.6 Å². The third kappa shape index (κ3) is 5.00. The van der Waals surface area contributed by atoms with Gasteiger partial charge in [0.2, 0.25) is 0 Å². The second-order valence-corrected chi connectivity index (χ2v) is 7.19. The fraction of sp³-hybridized carbons (Fsp3) is 0.409. The topological polar surface area (TPSA) is 90.0 Å². The molecule has 0 spiro atoms. The van der Waals surface area contributed by atoms with Crippen LogP contribution >= 0.6 is 0 Å². The third-order valence-corrected chi connectivity index (χ3v) is 5.18. The van der Waals surface area contributed by atoms with E-state index in [1.807, 2.05) is 37.3 Å². The molecule has 160 valence electrons. The van der Waals surface area contributed by atoms with Crippen molar-refractivity contribution in [3.8, 4) is 5.75 Å². The lowest BCUT2D eigenvalue weighted by Crippen LogP contribution is -2.50. The van der Waals surface area contributed by atoms with Gasteiger partial charge < -0.3 is 24.4 Å². The lowest BCUT2D eigenvalue weighted by Gasteiger charge is -2.37. The van der Waals surface area contributed by atoms with Gasteiger partial charge in [-0.1, -0.05) is 30.3 Å². The van der Waals surface area contributed by atoms with Gasteiger partial charge >= 0.3 is 12.1 Å². The highest BCUT2D eigenvalue weighted by molar-refractivity contribution is 5.97. The first-order valence-electron chi connectivity index (χ1n) is 9.88. The average molecular weight is 413 g/mol. The second-order valence-electron chi connectivity index (χ2n) is 7.19. The summed E-state index contributed by atoms with van der Waals surface area (Å²) in [4.78, 5) is 30.9. The van der Waals surface area contributed by atoms with E-state index in [-0.39, 0.29) is 30.3 Å². The number of anilines is 1. The zero-order valence-electron chi connectivity index (χ0n) is 17.5. The van der Waals surface area contributed by atoms with Gasteiger partial charge in [-0.2, -0.15) is 0 Å². The molecule has 1 N–H and O–H groups in total. The molecule has 1 amide bonds. The van der Waals surface area contributed by atoms with Gasteiger partial charge in [-0.25, -0.2) is 14.6 Å². The first-order valence-corrected chi connectivity index (χ1v) is 9.88. The summed E-state index contributed by atoms with van der Waals surface area (Å²) in [6.45, 7) is 2.67. The van der Waals surface area contributed by atoms with Crippen molar-refractivity contribution in [1.29, 1.82) is 0 Å². The smallest absolute Gasteiger partial charge is 0.410 e. The Kier molecular flexibility index (Phi) is 7.11. The van der Waals surface area contributed by atoms with Crippen LogP contribution < -0.4 is 10.1 Å². The van der Waals surface area contributed by atoms with E-state index in [1.165, 1.54) is 14.2 Å². The predicted octanol–water partition coefficient (Wildman–Crippen LogP) is 3.48. The molecule has 1 aliphatic rings. The lowest BCUT2D eigenvalue weighted by atomic mass is 9.99. The number of benzene rings is 1. The normalized spacial score (nSPS) is 18.4. The van der Waals surface area contributed by atoms with Crippen molar-refractivity contribution < 1.29 is 23.8 Å². The number of aromatic nitrogens is 1. The summed E-state index contributed by atoms with van der Waals surface area (Å²) < 4.78 is 15.7. The standard InChI is InChI=1S/C22H27N3O5/c1-15-9-10-17(13-25(15)22(27)30-14-16-7-5-4-6-8-16)24-20-19(21(26)29-3)18(28-2)11-12-23-20/h4-8,11-12,15,17H,9-10,13-14H2,1-3H3,(H,23,24). The number of amides is 1. The predicted molar refractivity (Wildman–Crippen MR) is 112 cm³/mol. The maximum absolute atomic E-state index is 12.7. The van der Waals surface area contributed by atoms with Crippen LogP contribution in [0.25, 0.3) is 0 Å². The van der Waals surface area contributed by atoms with E-state index in [4.69, 9.17) is 14.2 Å². The molecule has 1 aromatic heterocycles. The first kappa shape index (κ1) is 21.4. The third-order valence-electron chi connectivity index (χ3n) is 5.18. The Hall–Kier alpha value is -3.29. The molecule has 2 atom stereocenters. The van der Waals surface area contributed by atoms with Gasteiger partial charge in [-0.3, -0.25) is 0 Å². The Labute approximate surface area is 176 Å². The molecular weight excluding hydrogens is 386 g/mol. The summed E-state index contributed by atoms with van der Waals surface area (Å²) in [5.41, 5.74) is 1.17. The highest BCUT2D eigenvalue weighted by Gasteiger charge is 2.31. The number of rotatable bonds is 6. The van der Waals surface area contributed by atoms with Gasteiger partial charge in [-0.05, 0) is 31.4 Å². The van der Waals surface area contributed by atoms with Gasteiger partial charge in [0.1, 0.15) is 23.7 Å². The lowest BCUT2D eigenvalue weighted by molar-refractivity contribution is 0.0595. The molecule has 1 aliphatic heterocycles. The first-order chi connectivity index (χ1) is 14.5. The second kappa shape index (κ2) is 9.96. The summed E-state index contributed by atoms with van der Waals surface area (Å²) >= 11 is 0. The monoisotopic (exact) mass is 413 g/mol. The zero-order valence-corrected chi connectivity index (χ0v) is 17.5. The molecule has 0 saturated carbocycles. The molecule has 30 heavy (non-hydrogen) atoms. The van der Waals surface area contributed by atoms with Crippen LogP contribution in [0.2, 0.25) is 0 Å². The van der Waals surface area contributed by atoms with Gasteiger partial charge in [0.05, 0.1) is 14.2 Å². The number of nitrogens with zero attached hydrogens (tertiary/aromatic N) is 2.